The number of benzene rings is 1. The molecule has 0 fully saturated rings. The highest BCUT2D eigenvalue weighted by Gasteiger charge is 2.31. The largest absolute Gasteiger partial charge is 0.573 e. The van der Waals surface area contributed by atoms with Crippen molar-refractivity contribution in [2.75, 3.05) is 0 Å². The second-order valence-corrected chi connectivity index (χ2v) is 4.25. The number of aryl methyl sites for hydroxylation is 1. The van der Waals surface area contributed by atoms with Crippen molar-refractivity contribution >= 4 is 15.9 Å². The summed E-state index contributed by atoms with van der Waals surface area (Å²) in [7, 11) is 0. The predicted octanol–water partition coefficient (Wildman–Crippen LogP) is 3.24. The van der Waals surface area contributed by atoms with Crippen LogP contribution in [0.1, 0.15) is 5.82 Å². The SMILES string of the molecule is Cc1ncn(-c2ccc(OC(F)(F)F)cc2Br)n1. The van der Waals surface area contributed by atoms with Crippen LogP contribution >= 0.6 is 15.9 Å². The molecule has 0 radical (unpaired) electrons. The summed E-state index contributed by atoms with van der Waals surface area (Å²) in [6.45, 7) is 1.71. The fraction of sp³-hybridized carbons (Fsp3) is 0.200. The Hall–Kier alpha value is -1.57. The lowest BCUT2D eigenvalue weighted by Gasteiger charge is -2.10. The summed E-state index contributed by atoms with van der Waals surface area (Å²) < 4.78 is 41.8. The van der Waals surface area contributed by atoms with Crippen molar-refractivity contribution in [3.05, 3.63) is 34.8 Å². The Bertz CT molecular complexity index is 568. The summed E-state index contributed by atoms with van der Waals surface area (Å²) in [6.07, 6.45) is -3.23. The van der Waals surface area contributed by atoms with Gasteiger partial charge in [0.25, 0.3) is 0 Å². The van der Waals surface area contributed by atoms with Gasteiger partial charge in [0, 0.05) is 4.47 Å². The quantitative estimate of drug-likeness (QED) is 0.852. The molecule has 0 saturated heterocycles. The van der Waals surface area contributed by atoms with Gasteiger partial charge < -0.3 is 4.74 Å². The molecule has 0 bridgehead atoms. The summed E-state index contributed by atoms with van der Waals surface area (Å²) in [6, 6.07) is 3.89. The first-order valence-electron chi connectivity index (χ1n) is 4.79. The molecular formula is C10H7BrF3N3O. The second kappa shape index (κ2) is 4.60. The zero-order valence-corrected chi connectivity index (χ0v) is 10.7. The van der Waals surface area contributed by atoms with E-state index in [1.54, 1.807) is 6.92 Å². The van der Waals surface area contributed by atoms with Crippen LogP contribution in [0.15, 0.2) is 29.0 Å². The molecule has 8 heteroatoms. The van der Waals surface area contributed by atoms with E-state index in [2.05, 4.69) is 30.7 Å². The van der Waals surface area contributed by atoms with Crippen molar-refractivity contribution < 1.29 is 17.9 Å². The zero-order valence-electron chi connectivity index (χ0n) is 9.07. The number of nitrogens with zero attached hydrogens (tertiary/aromatic N) is 3. The Morgan fingerprint density at radius 2 is 2.06 bits per heavy atom. The minimum Gasteiger partial charge on any atom is -0.406 e. The Morgan fingerprint density at radius 1 is 1.33 bits per heavy atom. The molecule has 2 rings (SSSR count). The molecule has 0 aliphatic heterocycles. The van der Waals surface area contributed by atoms with Gasteiger partial charge in [-0.15, -0.1) is 13.2 Å². The smallest absolute Gasteiger partial charge is 0.406 e. The number of halogens is 4. The van der Waals surface area contributed by atoms with Gasteiger partial charge >= 0.3 is 6.36 Å². The van der Waals surface area contributed by atoms with Crippen molar-refractivity contribution in [1.29, 1.82) is 0 Å². The van der Waals surface area contributed by atoms with Crippen molar-refractivity contribution in [2.24, 2.45) is 0 Å². The molecule has 96 valence electrons. The van der Waals surface area contributed by atoms with E-state index in [0.29, 0.717) is 16.0 Å². The lowest BCUT2D eigenvalue weighted by molar-refractivity contribution is -0.274. The third-order valence-corrected chi connectivity index (χ3v) is 2.64. The summed E-state index contributed by atoms with van der Waals surface area (Å²) in [5.74, 6) is 0.271. The van der Waals surface area contributed by atoms with Gasteiger partial charge in [-0.25, -0.2) is 9.67 Å². The summed E-state index contributed by atoms with van der Waals surface area (Å²) in [4.78, 5) is 3.94. The van der Waals surface area contributed by atoms with Crippen LogP contribution in [-0.4, -0.2) is 21.1 Å². The van der Waals surface area contributed by atoms with Crippen LogP contribution in [0.2, 0.25) is 0 Å². The number of aromatic nitrogens is 3. The molecule has 0 spiro atoms. The molecule has 0 saturated carbocycles. The van der Waals surface area contributed by atoms with Crippen LogP contribution in [-0.2, 0) is 0 Å². The molecule has 1 aromatic heterocycles. The van der Waals surface area contributed by atoms with Crippen molar-refractivity contribution in [2.45, 2.75) is 13.3 Å². The van der Waals surface area contributed by atoms with E-state index in [9.17, 15) is 13.2 Å². The molecule has 0 N–H and O–H groups in total. The molecule has 2 aromatic rings. The predicted molar refractivity (Wildman–Crippen MR) is 60.5 cm³/mol. The Kier molecular flexibility index (Phi) is 3.29. The van der Waals surface area contributed by atoms with Crippen LogP contribution in [0.4, 0.5) is 13.2 Å². The molecule has 18 heavy (non-hydrogen) atoms. The van der Waals surface area contributed by atoms with Gasteiger partial charge in [-0.2, -0.15) is 5.10 Å². The molecule has 4 nitrogen and oxygen atoms in total. The zero-order chi connectivity index (χ0) is 13.3. The number of hydrogen-bond donors (Lipinski definition) is 0. The third-order valence-electron chi connectivity index (χ3n) is 2.01. The minimum absolute atomic E-state index is 0.296. The lowest BCUT2D eigenvalue weighted by Crippen LogP contribution is -2.17. The summed E-state index contributed by atoms with van der Waals surface area (Å²) in [5, 5.41) is 4.06. The van der Waals surface area contributed by atoms with Crippen molar-refractivity contribution in [3.8, 4) is 11.4 Å². The molecular weight excluding hydrogens is 315 g/mol. The highest BCUT2D eigenvalue weighted by Crippen LogP contribution is 2.29. The number of hydrogen-bond acceptors (Lipinski definition) is 3. The van der Waals surface area contributed by atoms with E-state index in [1.807, 2.05) is 0 Å². The van der Waals surface area contributed by atoms with E-state index in [0.717, 1.165) is 0 Å². The van der Waals surface area contributed by atoms with Gasteiger partial charge in [0.15, 0.2) is 0 Å². The number of ether oxygens (including phenoxy) is 1. The average molecular weight is 322 g/mol. The standard InChI is InChI=1S/C10H7BrF3N3O/c1-6-15-5-17(16-6)9-3-2-7(4-8(9)11)18-10(12,13)14/h2-5H,1H3. The van der Waals surface area contributed by atoms with E-state index in [1.165, 1.54) is 29.2 Å². The maximum Gasteiger partial charge on any atom is 0.573 e. The average Bonchev–Trinajstić information content (AvgIpc) is 2.62. The molecule has 0 amide bonds. The van der Waals surface area contributed by atoms with E-state index >= 15 is 0 Å². The van der Waals surface area contributed by atoms with Crippen LogP contribution in [0, 0.1) is 6.92 Å². The van der Waals surface area contributed by atoms with E-state index in [4.69, 9.17) is 0 Å². The fourth-order valence-corrected chi connectivity index (χ4v) is 1.87. The van der Waals surface area contributed by atoms with Crippen LogP contribution < -0.4 is 4.74 Å². The van der Waals surface area contributed by atoms with Crippen LogP contribution in [0.5, 0.6) is 5.75 Å². The van der Waals surface area contributed by atoms with Crippen LogP contribution in [0.3, 0.4) is 0 Å². The first-order valence-corrected chi connectivity index (χ1v) is 5.58. The fourth-order valence-electron chi connectivity index (χ4n) is 1.33. The maximum absolute atomic E-state index is 12.0. The molecule has 0 atom stereocenters. The van der Waals surface area contributed by atoms with Gasteiger partial charge in [0.2, 0.25) is 0 Å². The van der Waals surface area contributed by atoms with Gasteiger partial charge in [-0.1, -0.05) is 0 Å². The summed E-state index contributed by atoms with van der Waals surface area (Å²) in [5.41, 5.74) is 0.574. The number of rotatable bonds is 2. The van der Waals surface area contributed by atoms with Gasteiger partial charge in [-0.3, -0.25) is 0 Å². The van der Waals surface area contributed by atoms with Gasteiger partial charge in [-0.05, 0) is 41.1 Å². The minimum atomic E-state index is -4.70. The highest BCUT2D eigenvalue weighted by atomic mass is 79.9. The normalized spacial score (nSPS) is 11.6. The van der Waals surface area contributed by atoms with Gasteiger partial charge in [0.1, 0.15) is 17.9 Å². The van der Waals surface area contributed by atoms with E-state index in [-0.39, 0.29) is 5.75 Å². The first kappa shape index (κ1) is 12.9. The molecule has 1 heterocycles. The van der Waals surface area contributed by atoms with E-state index < -0.39 is 6.36 Å². The molecule has 1 aromatic carbocycles. The monoisotopic (exact) mass is 321 g/mol. The highest BCUT2D eigenvalue weighted by molar-refractivity contribution is 9.10. The number of alkyl halides is 3. The van der Waals surface area contributed by atoms with Crippen molar-refractivity contribution in [3.63, 3.8) is 0 Å². The summed E-state index contributed by atoms with van der Waals surface area (Å²) >= 11 is 3.16. The Balaban J connectivity index is 2.31. The lowest BCUT2D eigenvalue weighted by atomic mass is 10.3. The van der Waals surface area contributed by atoms with Crippen LogP contribution in [0.25, 0.3) is 5.69 Å². The molecule has 0 unspecified atom stereocenters. The third kappa shape index (κ3) is 3.00. The van der Waals surface area contributed by atoms with Gasteiger partial charge in [0.05, 0.1) is 5.69 Å². The topological polar surface area (TPSA) is 39.9 Å². The molecule has 0 aliphatic carbocycles. The Labute approximate surface area is 109 Å². The molecule has 0 aliphatic rings. The van der Waals surface area contributed by atoms with Crippen molar-refractivity contribution in [1.82, 2.24) is 14.8 Å². The second-order valence-electron chi connectivity index (χ2n) is 3.40. The maximum atomic E-state index is 12.0. The Morgan fingerprint density at radius 3 is 2.56 bits per heavy atom. The first-order chi connectivity index (χ1) is 8.35.